The van der Waals surface area contributed by atoms with Crippen LogP contribution in [0.15, 0.2) is 29.2 Å². The van der Waals surface area contributed by atoms with Gasteiger partial charge in [0.1, 0.15) is 0 Å². The van der Waals surface area contributed by atoms with E-state index in [4.69, 9.17) is 0 Å². The van der Waals surface area contributed by atoms with Crippen LogP contribution in [0.25, 0.3) is 0 Å². The summed E-state index contributed by atoms with van der Waals surface area (Å²) in [5.74, 6) is -0.626. The monoisotopic (exact) mass is 336 g/mol. The third-order valence-electron chi connectivity index (χ3n) is 3.21. The molecule has 0 unspecified atom stereocenters. The fraction of sp³-hybridized carbons (Fsp3) is 0.400. The van der Waals surface area contributed by atoms with Crippen molar-refractivity contribution < 1.29 is 14.4 Å². The summed E-state index contributed by atoms with van der Waals surface area (Å²) in [5, 5.41) is 4.87. The molecule has 2 rings (SSSR count). The Bertz CT molecular complexity index is 594. The standard InChI is InChI=1S/C15H20N4O3S/c1-2-3-8-16-15(22)19-18-13(20)9-12-14(21)17-10-6-4-5-7-11(10)23-12/h4-7,12H,2-3,8-9H2,1H3,(H,17,21)(H,18,20)(H2,16,19,22)/t12-/m1/s1. The summed E-state index contributed by atoms with van der Waals surface area (Å²) in [6.07, 6.45) is 1.84. The predicted molar refractivity (Wildman–Crippen MR) is 88.9 cm³/mol. The molecule has 1 aromatic carbocycles. The average molecular weight is 336 g/mol. The first-order valence-corrected chi connectivity index (χ1v) is 8.37. The highest BCUT2D eigenvalue weighted by Gasteiger charge is 2.28. The Morgan fingerprint density at radius 2 is 2.04 bits per heavy atom. The van der Waals surface area contributed by atoms with Crippen molar-refractivity contribution in [3.63, 3.8) is 0 Å². The van der Waals surface area contributed by atoms with E-state index in [9.17, 15) is 14.4 Å². The van der Waals surface area contributed by atoms with Crippen LogP contribution in [0.2, 0.25) is 0 Å². The highest BCUT2D eigenvalue weighted by atomic mass is 32.2. The number of hydrazine groups is 1. The Kier molecular flexibility index (Phi) is 6.28. The number of rotatable bonds is 5. The Morgan fingerprint density at radius 3 is 2.83 bits per heavy atom. The van der Waals surface area contributed by atoms with E-state index in [0.29, 0.717) is 6.54 Å². The maximum absolute atomic E-state index is 12.0. The van der Waals surface area contributed by atoms with Gasteiger partial charge in [0.05, 0.1) is 10.9 Å². The molecule has 0 saturated carbocycles. The van der Waals surface area contributed by atoms with Gasteiger partial charge in [-0.25, -0.2) is 10.2 Å². The van der Waals surface area contributed by atoms with Gasteiger partial charge in [0.25, 0.3) is 0 Å². The van der Waals surface area contributed by atoms with Crippen LogP contribution in [-0.2, 0) is 9.59 Å². The quantitative estimate of drug-likeness (QED) is 0.485. The first-order chi connectivity index (χ1) is 11.1. The lowest BCUT2D eigenvalue weighted by Crippen LogP contribution is -2.48. The van der Waals surface area contributed by atoms with Crippen LogP contribution < -0.4 is 21.5 Å². The second-order valence-corrected chi connectivity index (χ2v) is 6.32. The minimum Gasteiger partial charge on any atom is -0.337 e. The number of unbranched alkanes of at least 4 members (excludes halogenated alkanes) is 1. The number of fused-ring (bicyclic) bond motifs is 1. The van der Waals surface area contributed by atoms with Gasteiger partial charge in [-0.2, -0.15) is 0 Å². The van der Waals surface area contributed by atoms with Crippen molar-refractivity contribution in [1.29, 1.82) is 0 Å². The second-order valence-electron chi connectivity index (χ2n) is 5.08. The largest absolute Gasteiger partial charge is 0.337 e. The number of thioether (sulfide) groups is 1. The second kappa shape index (κ2) is 8.42. The van der Waals surface area contributed by atoms with Crippen molar-refractivity contribution in [3.05, 3.63) is 24.3 Å². The van der Waals surface area contributed by atoms with E-state index in [0.717, 1.165) is 23.4 Å². The Hall–Kier alpha value is -2.22. The fourth-order valence-electron chi connectivity index (χ4n) is 2.00. The lowest BCUT2D eigenvalue weighted by atomic mass is 10.2. The summed E-state index contributed by atoms with van der Waals surface area (Å²) >= 11 is 1.34. The van der Waals surface area contributed by atoms with E-state index >= 15 is 0 Å². The SMILES string of the molecule is CCCCNC(=O)NNC(=O)C[C@H]1Sc2ccccc2NC1=O. The van der Waals surface area contributed by atoms with E-state index in [1.807, 2.05) is 31.2 Å². The normalized spacial score (nSPS) is 16.0. The lowest BCUT2D eigenvalue weighted by molar-refractivity contribution is -0.124. The molecule has 1 aliphatic rings. The third kappa shape index (κ3) is 5.17. The zero-order valence-corrected chi connectivity index (χ0v) is 13.7. The molecule has 0 fully saturated rings. The zero-order chi connectivity index (χ0) is 16.7. The highest BCUT2D eigenvalue weighted by molar-refractivity contribution is 8.01. The Labute approximate surface area is 138 Å². The van der Waals surface area contributed by atoms with Gasteiger partial charge in [0, 0.05) is 17.9 Å². The van der Waals surface area contributed by atoms with Gasteiger partial charge in [0.2, 0.25) is 11.8 Å². The molecular formula is C15H20N4O3S. The summed E-state index contributed by atoms with van der Waals surface area (Å²) in [4.78, 5) is 36.2. The van der Waals surface area contributed by atoms with Crippen LogP contribution in [0.1, 0.15) is 26.2 Å². The van der Waals surface area contributed by atoms with Gasteiger partial charge in [-0.05, 0) is 18.6 Å². The molecule has 4 N–H and O–H groups in total. The number of benzene rings is 1. The summed E-state index contributed by atoms with van der Waals surface area (Å²) in [6.45, 7) is 2.57. The molecule has 124 valence electrons. The summed E-state index contributed by atoms with van der Waals surface area (Å²) in [5.41, 5.74) is 5.34. The average Bonchev–Trinajstić information content (AvgIpc) is 2.54. The highest BCUT2D eigenvalue weighted by Crippen LogP contribution is 2.36. The van der Waals surface area contributed by atoms with Gasteiger partial charge in [-0.1, -0.05) is 25.5 Å². The molecule has 0 aliphatic carbocycles. The molecule has 4 amide bonds. The number of para-hydroxylation sites is 1. The molecule has 7 nitrogen and oxygen atoms in total. The molecule has 0 bridgehead atoms. The predicted octanol–water partition coefficient (Wildman–Crippen LogP) is 1.62. The maximum Gasteiger partial charge on any atom is 0.333 e. The van der Waals surface area contributed by atoms with Crippen molar-refractivity contribution in [2.45, 2.75) is 36.3 Å². The molecule has 8 heteroatoms. The fourth-order valence-corrected chi connectivity index (χ4v) is 3.11. The molecule has 23 heavy (non-hydrogen) atoms. The van der Waals surface area contributed by atoms with E-state index < -0.39 is 17.2 Å². The number of hydrogen-bond acceptors (Lipinski definition) is 4. The molecule has 1 atom stereocenters. The van der Waals surface area contributed by atoms with E-state index in [1.165, 1.54) is 11.8 Å². The first-order valence-electron chi connectivity index (χ1n) is 7.49. The Balaban J connectivity index is 1.77. The van der Waals surface area contributed by atoms with Crippen LogP contribution >= 0.6 is 11.8 Å². The number of amides is 4. The summed E-state index contributed by atoms with van der Waals surface area (Å²) < 4.78 is 0. The molecular weight excluding hydrogens is 316 g/mol. The van der Waals surface area contributed by atoms with Crippen molar-refractivity contribution in [1.82, 2.24) is 16.2 Å². The summed E-state index contributed by atoms with van der Waals surface area (Å²) in [6, 6.07) is 6.97. The van der Waals surface area contributed by atoms with Crippen LogP contribution in [0.4, 0.5) is 10.5 Å². The number of carbonyl (C=O) groups is 3. The van der Waals surface area contributed by atoms with Crippen molar-refractivity contribution in [2.75, 3.05) is 11.9 Å². The number of carbonyl (C=O) groups excluding carboxylic acids is 3. The van der Waals surface area contributed by atoms with Crippen molar-refractivity contribution >= 4 is 35.3 Å². The summed E-state index contributed by atoms with van der Waals surface area (Å²) in [7, 11) is 0. The minimum atomic E-state index is -0.519. The molecule has 0 spiro atoms. The molecule has 1 aromatic rings. The molecule has 0 saturated heterocycles. The first kappa shape index (κ1) is 17.1. The van der Waals surface area contributed by atoms with Gasteiger partial charge in [-0.15, -0.1) is 11.8 Å². The molecule has 0 aromatic heterocycles. The number of hydrogen-bond donors (Lipinski definition) is 4. The van der Waals surface area contributed by atoms with Gasteiger partial charge < -0.3 is 10.6 Å². The number of urea groups is 1. The van der Waals surface area contributed by atoms with E-state index in [2.05, 4.69) is 21.5 Å². The van der Waals surface area contributed by atoms with Crippen LogP contribution in [0.5, 0.6) is 0 Å². The molecule has 1 aliphatic heterocycles. The van der Waals surface area contributed by atoms with Gasteiger partial charge >= 0.3 is 6.03 Å². The van der Waals surface area contributed by atoms with Crippen molar-refractivity contribution in [3.8, 4) is 0 Å². The maximum atomic E-state index is 12.0. The van der Waals surface area contributed by atoms with Crippen LogP contribution in [0, 0.1) is 0 Å². The van der Waals surface area contributed by atoms with Crippen LogP contribution in [0.3, 0.4) is 0 Å². The molecule has 0 radical (unpaired) electrons. The van der Waals surface area contributed by atoms with E-state index in [1.54, 1.807) is 0 Å². The molecule has 1 heterocycles. The van der Waals surface area contributed by atoms with Crippen molar-refractivity contribution in [2.24, 2.45) is 0 Å². The van der Waals surface area contributed by atoms with Crippen LogP contribution in [-0.4, -0.2) is 29.6 Å². The number of anilines is 1. The van der Waals surface area contributed by atoms with E-state index in [-0.39, 0.29) is 12.3 Å². The smallest absolute Gasteiger partial charge is 0.333 e. The third-order valence-corrected chi connectivity index (χ3v) is 4.48. The number of nitrogens with one attached hydrogen (secondary N) is 4. The van der Waals surface area contributed by atoms with Gasteiger partial charge in [-0.3, -0.25) is 15.0 Å². The van der Waals surface area contributed by atoms with Gasteiger partial charge in [0.15, 0.2) is 0 Å². The Morgan fingerprint density at radius 1 is 1.26 bits per heavy atom. The lowest BCUT2D eigenvalue weighted by Gasteiger charge is -2.23. The topological polar surface area (TPSA) is 99.3 Å². The minimum absolute atomic E-state index is 0.0138. The zero-order valence-electron chi connectivity index (χ0n) is 12.8.